The summed E-state index contributed by atoms with van der Waals surface area (Å²) >= 11 is 3.48. The van der Waals surface area contributed by atoms with Gasteiger partial charge in [0.2, 0.25) is 0 Å². The smallest absolute Gasteiger partial charge is 0.155 e. The predicted molar refractivity (Wildman–Crippen MR) is 51.2 cm³/mol. The average molecular weight is 231 g/mol. The number of alkyl halides is 1. The molecule has 12 heavy (non-hydrogen) atoms. The van der Waals surface area contributed by atoms with E-state index in [1.165, 1.54) is 0 Å². The molecule has 0 amide bonds. The lowest BCUT2D eigenvalue weighted by molar-refractivity contribution is 0.769. The molecule has 0 aliphatic carbocycles. The van der Waals surface area contributed by atoms with Crippen LogP contribution in [-0.4, -0.2) is 26.9 Å². The molecule has 0 aromatic carbocycles. The summed E-state index contributed by atoms with van der Waals surface area (Å²) in [5.74, 6) is 0.844. The predicted octanol–water partition coefficient (Wildman–Crippen LogP) is 1.44. The number of hydrogen-bond donors (Lipinski definition) is 0. The molecule has 66 valence electrons. The number of hydrogen-bond acceptors (Lipinski definition) is 4. The van der Waals surface area contributed by atoms with E-state index in [0.29, 0.717) is 0 Å². The van der Waals surface area contributed by atoms with Crippen LogP contribution >= 0.6 is 15.9 Å². The molecule has 0 aliphatic rings. The minimum absolute atomic E-state index is 0.263. The summed E-state index contributed by atoms with van der Waals surface area (Å²) in [7, 11) is 0. The number of anilines is 1. The molecule has 4 nitrogen and oxygen atoms in total. The number of halogens is 1. The fourth-order valence-corrected chi connectivity index (χ4v) is 1.48. The highest BCUT2D eigenvalue weighted by Crippen LogP contribution is 2.14. The highest BCUT2D eigenvalue weighted by atomic mass is 79.9. The van der Waals surface area contributed by atoms with E-state index in [0.717, 1.165) is 12.4 Å². The van der Waals surface area contributed by atoms with Gasteiger partial charge in [0, 0.05) is 12.6 Å². The maximum absolute atomic E-state index is 3.91. The van der Waals surface area contributed by atoms with Crippen LogP contribution in [0.2, 0.25) is 0 Å². The molecule has 1 unspecified atom stereocenters. The Hall–Kier alpha value is -0.710. The van der Waals surface area contributed by atoms with Crippen molar-refractivity contribution in [2.24, 2.45) is 0 Å². The number of rotatable bonds is 3. The Kier molecular flexibility index (Phi) is 3.40. The summed E-state index contributed by atoms with van der Waals surface area (Å²) in [4.78, 5) is 2.34. The molecular weight excluding hydrogens is 220 g/mol. The van der Waals surface area contributed by atoms with Gasteiger partial charge in [0.05, 0.1) is 11.1 Å². The van der Waals surface area contributed by atoms with Crippen molar-refractivity contribution in [3.63, 3.8) is 0 Å². The van der Waals surface area contributed by atoms with Crippen LogP contribution in [0.1, 0.15) is 13.8 Å². The van der Waals surface area contributed by atoms with Gasteiger partial charge in [-0.25, -0.2) is 0 Å². The first kappa shape index (κ1) is 9.38. The van der Waals surface area contributed by atoms with E-state index in [4.69, 9.17) is 0 Å². The summed E-state index contributed by atoms with van der Waals surface area (Å²) in [5.41, 5.74) is 0. The Morgan fingerprint density at radius 2 is 2.42 bits per heavy atom. The van der Waals surface area contributed by atoms with E-state index in [1.807, 2.05) is 13.0 Å². The van der Waals surface area contributed by atoms with Crippen molar-refractivity contribution in [2.45, 2.75) is 18.8 Å². The normalized spacial score (nSPS) is 12.6. The van der Waals surface area contributed by atoms with Gasteiger partial charge in [-0.3, -0.25) is 0 Å². The second-order valence-electron chi connectivity index (χ2n) is 2.34. The van der Waals surface area contributed by atoms with Gasteiger partial charge in [0.25, 0.3) is 0 Å². The van der Waals surface area contributed by atoms with Gasteiger partial charge in [-0.1, -0.05) is 15.9 Å². The van der Waals surface area contributed by atoms with Crippen molar-refractivity contribution in [3.8, 4) is 0 Å². The van der Waals surface area contributed by atoms with Gasteiger partial charge in [-0.05, 0) is 19.1 Å². The fourth-order valence-electron chi connectivity index (χ4n) is 0.984. The summed E-state index contributed by atoms with van der Waals surface area (Å²) in [6.07, 6.45) is 1.64. The van der Waals surface area contributed by atoms with E-state index in [-0.39, 0.29) is 4.95 Å². The molecule has 0 bridgehead atoms. The van der Waals surface area contributed by atoms with Crippen molar-refractivity contribution in [1.82, 2.24) is 15.4 Å². The highest BCUT2D eigenvalue weighted by Gasteiger charge is 2.09. The molecular formula is C7H11BrN4. The first-order valence-corrected chi connectivity index (χ1v) is 4.72. The van der Waals surface area contributed by atoms with Crippen LogP contribution in [0.3, 0.4) is 0 Å². The van der Waals surface area contributed by atoms with Crippen molar-refractivity contribution in [1.29, 1.82) is 0 Å². The molecule has 0 fully saturated rings. The molecule has 1 atom stereocenters. The Morgan fingerprint density at radius 1 is 1.67 bits per heavy atom. The lowest BCUT2D eigenvalue weighted by atomic mass is 10.5. The van der Waals surface area contributed by atoms with Gasteiger partial charge in [0.1, 0.15) is 0 Å². The van der Waals surface area contributed by atoms with E-state index in [2.05, 4.69) is 43.2 Å². The molecule has 1 aromatic heterocycles. The molecule has 0 aliphatic heterocycles. The summed E-state index contributed by atoms with van der Waals surface area (Å²) in [5, 5.41) is 11.1. The summed E-state index contributed by atoms with van der Waals surface area (Å²) < 4.78 is 0. The van der Waals surface area contributed by atoms with E-state index < -0.39 is 0 Å². The molecule has 0 saturated heterocycles. The number of nitrogens with zero attached hydrogens (tertiary/aromatic N) is 4. The topological polar surface area (TPSA) is 41.9 Å². The molecule has 5 heteroatoms. The maximum Gasteiger partial charge on any atom is 0.155 e. The quantitative estimate of drug-likeness (QED) is 0.583. The summed E-state index contributed by atoms with van der Waals surface area (Å²) in [6.45, 7) is 5.01. The van der Waals surface area contributed by atoms with E-state index >= 15 is 0 Å². The van der Waals surface area contributed by atoms with Crippen LogP contribution in [-0.2, 0) is 0 Å². The first-order chi connectivity index (χ1) is 5.75. The largest absolute Gasteiger partial charge is 0.343 e. The second kappa shape index (κ2) is 4.35. The van der Waals surface area contributed by atoms with Gasteiger partial charge >= 0.3 is 0 Å². The molecule has 1 rings (SSSR count). The standard InChI is InChI=1S/C7H11BrN4/c1-3-12(6(2)8)7-4-5-9-11-10-7/h4-6H,3H2,1-2H3. The Labute approximate surface area is 80.1 Å². The monoisotopic (exact) mass is 230 g/mol. The molecule has 1 heterocycles. The second-order valence-corrected chi connectivity index (χ2v) is 3.66. The Balaban J connectivity index is 2.80. The van der Waals surface area contributed by atoms with E-state index in [1.54, 1.807) is 6.20 Å². The van der Waals surface area contributed by atoms with Crippen LogP contribution in [0.15, 0.2) is 12.3 Å². The molecule has 0 N–H and O–H groups in total. The zero-order chi connectivity index (χ0) is 8.97. The first-order valence-electron chi connectivity index (χ1n) is 3.80. The highest BCUT2D eigenvalue weighted by molar-refractivity contribution is 9.09. The van der Waals surface area contributed by atoms with Gasteiger partial charge < -0.3 is 4.90 Å². The molecule has 0 saturated carbocycles. The van der Waals surface area contributed by atoms with Crippen molar-refractivity contribution in [3.05, 3.63) is 12.3 Å². The Bertz CT molecular complexity index is 226. The third kappa shape index (κ3) is 2.14. The number of aromatic nitrogens is 3. The van der Waals surface area contributed by atoms with Crippen molar-refractivity contribution < 1.29 is 0 Å². The van der Waals surface area contributed by atoms with Crippen molar-refractivity contribution >= 4 is 21.7 Å². The SMILES string of the molecule is CCN(c1ccnnn1)C(C)Br. The lowest BCUT2D eigenvalue weighted by Gasteiger charge is -2.23. The molecule has 0 spiro atoms. The van der Waals surface area contributed by atoms with Crippen LogP contribution in [0.5, 0.6) is 0 Å². The van der Waals surface area contributed by atoms with Crippen LogP contribution < -0.4 is 4.90 Å². The molecule has 0 radical (unpaired) electrons. The zero-order valence-electron chi connectivity index (χ0n) is 7.11. The minimum atomic E-state index is 0.263. The van der Waals surface area contributed by atoms with E-state index in [9.17, 15) is 0 Å². The third-order valence-corrected chi connectivity index (χ3v) is 2.05. The van der Waals surface area contributed by atoms with Gasteiger partial charge in [-0.15, -0.1) is 10.2 Å². The molecule has 1 aromatic rings. The third-order valence-electron chi connectivity index (χ3n) is 1.55. The fraction of sp³-hybridized carbons (Fsp3) is 0.571. The van der Waals surface area contributed by atoms with Crippen molar-refractivity contribution in [2.75, 3.05) is 11.4 Å². The Morgan fingerprint density at radius 3 is 2.83 bits per heavy atom. The zero-order valence-corrected chi connectivity index (χ0v) is 8.69. The lowest BCUT2D eigenvalue weighted by Crippen LogP contribution is -2.29. The van der Waals surface area contributed by atoms with Gasteiger partial charge in [0.15, 0.2) is 5.82 Å². The minimum Gasteiger partial charge on any atom is -0.343 e. The van der Waals surface area contributed by atoms with Crippen LogP contribution in [0, 0.1) is 0 Å². The van der Waals surface area contributed by atoms with Gasteiger partial charge in [-0.2, -0.15) is 0 Å². The van der Waals surface area contributed by atoms with Crippen LogP contribution in [0.25, 0.3) is 0 Å². The average Bonchev–Trinajstić information content (AvgIpc) is 2.07. The maximum atomic E-state index is 3.91. The summed E-state index contributed by atoms with van der Waals surface area (Å²) in [6, 6.07) is 1.84. The van der Waals surface area contributed by atoms with Crippen LogP contribution in [0.4, 0.5) is 5.82 Å².